The summed E-state index contributed by atoms with van der Waals surface area (Å²) in [6, 6.07) is 0.854. The van der Waals surface area contributed by atoms with E-state index in [1.807, 2.05) is 12.5 Å². The molecule has 0 saturated heterocycles. The lowest BCUT2D eigenvalue weighted by Crippen LogP contribution is -2.39. The highest BCUT2D eigenvalue weighted by molar-refractivity contribution is 5.07. The van der Waals surface area contributed by atoms with Crippen LogP contribution in [-0.2, 0) is 6.54 Å². The maximum absolute atomic E-state index is 5.99. The van der Waals surface area contributed by atoms with Crippen molar-refractivity contribution < 1.29 is 0 Å². The monoisotopic (exact) mass is 252 g/mol. The summed E-state index contributed by atoms with van der Waals surface area (Å²) in [5, 5.41) is 0. The quantitative estimate of drug-likeness (QED) is 0.773. The van der Waals surface area contributed by atoms with Gasteiger partial charge in [-0.2, -0.15) is 0 Å². The third-order valence-corrected chi connectivity index (χ3v) is 3.78. The number of imidazole rings is 1. The first-order valence-electron chi connectivity index (χ1n) is 7.11. The summed E-state index contributed by atoms with van der Waals surface area (Å²) in [4.78, 5) is 6.69. The Morgan fingerprint density at radius 1 is 1.33 bits per heavy atom. The summed E-state index contributed by atoms with van der Waals surface area (Å²) in [5.74, 6) is 0. The molecule has 1 heterocycles. The van der Waals surface area contributed by atoms with Gasteiger partial charge < -0.3 is 10.3 Å². The minimum atomic E-state index is 0.268. The van der Waals surface area contributed by atoms with E-state index in [0.717, 1.165) is 25.8 Å². The van der Waals surface area contributed by atoms with Crippen molar-refractivity contribution in [3.63, 3.8) is 0 Å². The van der Waals surface area contributed by atoms with Gasteiger partial charge in [0.15, 0.2) is 0 Å². The summed E-state index contributed by atoms with van der Waals surface area (Å²) in [6.07, 6.45) is 7.32. The van der Waals surface area contributed by atoms with Crippen LogP contribution in [0, 0.1) is 0 Å². The summed E-state index contributed by atoms with van der Waals surface area (Å²) < 4.78 is 2.23. The normalized spacial score (nSPS) is 13.5. The average molecular weight is 252 g/mol. The molecule has 0 aliphatic carbocycles. The number of aryl methyl sites for hydroxylation is 1. The zero-order chi connectivity index (χ0) is 13.5. The van der Waals surface area contributed by atoms with Crippen molar-refractivity contribution in [1.82, 2.24) is 14.5 Å². The lowest BCUT2D eigenvalue weighted by atomic mass is 10.1. The number of nitrogens with two attached hydrogens (primary N) is 1. The van der Waals surface area contributed by atoms with E-state index >= 15 is 0 Å². The Hall–Kier alpha value is -0.870. The van der Waals surface area contributed by atoms with Crippen molar-refractivity contribution in [1.29, 1.82) is 0 Å². The number of nitrogens with zero attached hydrogens (tertiary/aromatic N) is 3. The molecule has 1 aromatic rings. The molecule has 18 heavy (non-hydrogen) atoms. The van der Waals surface area contributed by atoms with Crippen LogP contribution in [0.3, 0.4) is 0 Å². The molecule has 4 heteroatoms. The molecule has 0 saturated carbocycles. The molecule has 0 radical (unpaired) electrons. The fraction of sp³-hybridized carbons (Fsp3) is 0.786. The van der Waals surface area contributed by atoms with Gasteiger partial charge in [-0.1, -0.05) is 20.8 Å². The molecular weight excluding hydrogens is 224 g/mol. The van der Waals surface area contributed by atoms with Crippen LogP contribution in [0.2, 0.25) is 0 Å². The minimum absolute atomic E-state index is 0.268. The second kappa shape index (κ2) is 7.54. The summed E-state index contributed by atoms with van der Waals surface area (Å²) in [5.41, 5.74) is 7.24. The summed E-state index contributed by atoms with van der Waals surface area (Å²) in [6.45, 7) is 8.32. The number of hydrogen-bond acceptors (Lipinski definition) is 3. The molecule has 4 nitrogen and oxygen atoms in total. The SMILES string of the molecule is CCCn1cncc1C(CN)N(C)C(CC)CC. The first kappa shape index (κ1) is 15.2. The number of aromatic nitrogens is 2. The van der Waals surface area contributed by atoms with Gasteiger partial charge in [-0.25, -0.2) is 4.98 Å². The molecule has 1 unspecified atom stereocenters. The van der Waals surface area contributed by atoms with E-state index in [1.165, 1.54) is 5.69 Å². The van der Waals surface area contributed by atoms with Crippen molar-refractivity contribution in [2.24, 2.45) is 5.73 Å². The van der Waals surface area contributed by atoms with E-state index in [9.17, 15) is 0 Å². The summed E-state index contributed by atoms with van der Waals surface area (Å²) in [7, 11) is 2.18. The molecule has 0 spiro atoms. The van der Waals surface area contributed by atoms with Gasteiger partial charge in [0, 0.05) is 25.3 Å². The molecule has 0 fully saturated rings. The predicted octanol–water partition coefficient (Wildman–Crippen LogP) is 2.41. The van der Waals surface area contributed by atoms with Crippen LogP contribution >= 0.6 is 0 Å². The first-order valence-corrected chi connectivity index (χ1v) is 7.11. The molecule has 104 valence electrons. The van der Waals surface area contributed by atoms with Gasteiger partial charge in [0.05, 0.1) is 18.1 Å². The van der Waals surface area contributed by atoms with Gasteiger partial charge in [0.25, 0.3) is 0 Å². The third-order valence-electron chi connectivity index (χ3n) is 3.78. The second-order valence-corrected chi connectivity index (χ2v) is 4.90. The van der Waals surface area contributed by atoms with Gasteiger partial charge in [-0.05, 0) is 26.3 Å². The van der Waals surface area contributed by atoms with Crippen LogP contribution in [0.15, 0.2) is 12.5 Å². The van der Waals surface area contributed by atoms with Crippen LogP contribution in [0.4, 0.5) is 0 Å². The van der Waals surface area contributed by atoms with E-state index in [1.54, 1.807) is 0 Å². The third kappa shape index (κ3) is 3.33. The first-order chi connectivity index (χ1) is 8.69. The fourth-order valence-electron chi connectivity index (χ4n) is 2.65. The molecule has 0 aliphatic rings. The van der Waals surface area contributed by atoms with Gasteiger partial charge in [-0.15, -0.1) is 0 Å². The highest BCUT2D eigenvalue weighted by Crippen LogP contribution is 2.23. The van der Waals surface area contributed by atoms with Crippen LogP contribution in [0.25, 0.3) is 0 Å². The van der Waals surface area contributed by atoms with Crippen molar-refractivity contribution in [2.45, 2.75) is 58.7 Å². The highest BCUT2D eigenvalue weighted by Gasteiger charge is 2.23. The molecule has 1 atom stereocenters. The van der Waals surface area contributed by atoms with E-state index in [2.05, 4.69) is 42.3 Å². The van der Waals surface area contributed by atoms with Crippen molar-refractivity contribution in [3.05, 3.63) is 18.2 Å². The fourth-order valence-corrected chi connectivity index (χ4v) is 2.65. The van der Waals surface area contributed by atoms with E-state index in [-0.39, 0.29) is 6.04 Å². The molecule has 0 amide bonds. The Bertz CT molecular complexity index is 330. The smallest absolute Gasteiger partial charge is 0.0948 e. The number of hydrogen-bond donors (Lipinski definition) is 1. The second-order valence-electron chi connectivity index (χ2n) is 4.90. The lowest BCUT2D eigenvalue weighted by molar-refractivity contribution is 0.161. The maximum Gasteiger partial charge on any atom is 0.0948 e. The van der Waals surface area contributed by atoms with E-state index in [4.69, 9.17) is 5.73 Å². The molecule has 1 rings (SSSR count). The van der Waals surface area contributed by atoms with E-state index in [0.29, 0.717) is 12.6 Å². The topological polar surface area (TPSA) is 47.1 Å². The summed E-state index contributed by atoms with van der Waals surface area (Å²) >= 11 is 0. The zero-order valence-electron chi connectivity index (χ0n) is 12.3. The highest BCUT2D eigenvalue weighted by atomic mass is 15.2. The Morgan fingerprint density at radius 3 is 2.50 bits per heavy atom. The predicted molar refractivity (Wildman–Crippen MR) is 76.4 cm³/mol. The molecular formula is C14H28N4. The van der Waals surface area contributed by atoms with Gasteiger partial charge in [0.1, 0.15) is 0 Å². The van der Waals surface area contributed by atoms with Gasteiger partial charge in [-0.3, -0.25) is 4.90 Å². The molecule has 0 bridgehead atoms. The Labute approximate surface area is 111 Å². The van der Waals surface area contributed by atoms with Crippen molar-refractivity contribution in [2.75, 3.05) is 13.6 Å². The molecule has 0 aliphatic heterocycles. The van der Waals surface area contributed by atoms with Crippen LogP contribution < -0.4 is 5.73 Å². The maximum atomic E-state index is 5.99. The molecule has 0 aromatic carbocycles. The minimum Gasteiger partial charge on any atom is -0.333 e. The zero-order valence-corrected chi connectivity index (χ0v) is 12.3. The average Bonchev–Trinajstić information content (AvgIpc) is 2.81. The largest absolute Gasteiger partial charge is 0.333 e. The van der Waals surface area contributed by atoms with Crippen LogP contribution in [0.1, 0.15) is 51.8 Å². The van der Waals surface area contributed by atoms with E-state index < -0.39 is 0 Å². The van der Waals surface area contributed by atoms with Crippen LogP contribution in [-0.4, -0.2) is 34.1 Å². The van der Waals surface area contributed by atoms with Crippen molar-refractivity contribution >= 4 is 0 Å². The van der Waals surface area contributed by atoms with Crippen LogP contribution in [0.5, 0.6) is 0 Å². The molecule has 1 aromatic heterocycles. The Kier molecular flexibility index (Phi) is 6.36. The number of rotatable bonds is 8. The molecule has 2 N–H and O–H groups in total. The van der Waals surface area contributed by atoms with Gasteiger partial charge in [0.2, 0.25) is 0 Å². The standard InChI is InChI=1S/C14H28N4/c1-5-8-18-11-16-10-14(18)13(9-15)17(4)12(6-2)7-3/h10-13H,5-9,15H2,1-4H3. The number of likely N-dealkylation sites (N-methyl/N-ethyl adjacent to an activating group) is 1. The lowest BCUT2D eigenvalue weighted by Gasteiger charge is -2.34. The van der Waals surface area contributed by atoms with Crippen molar-refractivity contribution in [3.8, 4) is 0 Å². The Balaban J connectivity index is 2.90. The Morgan fingerprint density at radius 2 is 2.00 bits per heavy atom. The van der Waals surface area contributed by atoms with Gasteiger partial charge >= 0.3 is 0 Å².